The van der Waals surface area contributed by atoms with Crippen LogP contribution < -0.4 is 4.74 Å². The Morgan fingerprint density at radius 2 is 1.95 bits per heavy atom. The van der Waals surface area contributed by atoms with Crippen molar-refractivity contribution in [2.24, 2.45) is 0 Å². The van der Waals surface area contributed by atoms with Gasteiger partial charge in [-0.1, -0.05) is 18.2 Å². The number of pyridine rings is 1. The summed E-state index contributed by atoms with van der Waals surface area (Å²) in [7, 11) is 0. The van der Waals surface area contributed by atoms with E-state index in [1.165, 1.54) is 12.1 Å². The molecule has 0 saturated heterocycles. The fourth-order valence-corrected chi connectivity index (χ4v) is 1.80. The Bertz CT molecular complexity index is 612. The average Bonchev–Trinajstić information content (AvgIpc) is 2.44. The van der Waals surface area contributed by atoms with Crippen LogP contribution in [0.4, 0.5) is 13.2 Å². The van der Waals surface area contributed by atoms with Crippen molar-refractivity contribution in [3.63, 3.8) is 0 Å². The van der Waals surface area contributed by atoms with E-state index in [1.54, 1.807) is 18.3 Å². The van der Waals surface area contributed by atoms with Crippen molar-refractivity contribution < 1.29 is 22.7 Å². The van der Waals surface area contributed by atoms with Crippen molar-refractivity contribution in [2.75, 3.05) is 0 Å². The van der Waals surface area contributed by atoms with E-state index in [-0.39, 0.29) is 17.8 Å². The normalized spacial score (nSPS) is 11.2. The summed E-state index contributed by atoms with van der Waals surface area (Å²) in [6, 6.07) is 10.4. The van der Waals surface area contributed by atoms with Crippen LogP contribution >= 0.6 is 0 Å². The van der Waals surface area contributed by atoms with Crippen LogP contribution in [0.5, 0.6) is 5.75 Å². The smallest absolute Gasteiger partial charge is 0.406 e. The predicted molar refractivity (Wildman–Crippen MR) is 70.0 cm³/mol. The third-order valence-corrected chi connectivity index (χ3v) is 2.72. The molecule has 0 saturated carbocycles. The van der Waals surface area contributed by atoms with E-state index in [2.05, 4.69) is 9.72 Å². The molecule has 6 heteroatoms. The van der Waals surface area contributed by atoms with E-state index in [0.717, 1.165) is 17.8 Å². The molecule has 1 heterocycles. The van der Waals surface area contributed by atoms with Gasteiger partial charge in [-0.2, -0.15) is 0 Å². The number of carbonyl (C=O) groups is 1. The number of ether oxygens (including phenoxy) is 1. The first-order chi connectivity index (χ1) is 9.94. The molecule has 2 aromatic rings. The first-order valence-electron chi connectivity index (χ1n) is 6.23. The molecule has 0 atom stereocenters. The third-order valence-electron chi connectivity index (χ3n) is 2.72. The van der Waals surface area contributed by atoms with Gasteiger partial charge in [-0.3, -0.25) is 9.78 Å². The number of benzene rings is 1. The molecule has 0 unspecified atom stereocenters. The quantitative estimate of drug-likeness (QED) is 0.788. The number of ketones is 1. The highest BCUT2D eigenvalue weighted by Gasteiger charge is 2.31. The number of hydrogen-bond donors (Lipinski definition) is 0. The molecule has 0 amide bonds. The summed E-state index contributed by atoms with van der Waals surface area (Å²) >= 11 is 0. The standard InChI is InChI=1S/C15H12F3NO2/c16-15(17,18)21-13-6-3-4-11(10-13)14(20)8-7-12-5-1-2-9-19-12/h1-6,9-10H,7-8H2. The van der Waals surface area contributed by atoms with Gasteiger partial charge >= 0.3 is 6.36 Å². The Hall–Kier alpha value is -2.37. The number of aromatic nitrogens is 1. The van der Waals surface area contributed by atoms with Gasteiger partial charge in [0.25, 0.3) is 0 Å². The first kappa shape index (κ1) is 15.0. The van der Waals surface area contributed by atoms with Gasteiger partial charge in [0, 0.05) is 23.9 Å². The lowest BCUT2D eigenvalue weighted by Gasteiger charge is -2.09. The van der Waals surface area contributed by atoms with Crippen LogP contribution in [0.3, 0.4) is 0 Å². The number of hydrogen-bond acceptors (Lipinski definition) is 3. The summed E-state index contributed by atoms with van der Waals surface area (Å²) in [5, 5.41) is 0. The highest BCUT2D eigenvalue weighted by atomic mass is 19.4. The molecule has 110 valence electrons. The lowest BCUT2D eigenvalue weighted by atomic mass is 10.1. The van der Waals surface area contributed by atoms with Gasteiger partial charge in [0.15, 0.2) is 5.78 Å². The summed E-state index contributed by atoms with van der Waals surface area (Å²) in [5.41, 5.74) is 0.946. The second-order valence-electron chi connectivity index (χ2n) is 4.32. The molecule has 1 aromatic carbocycles. The minimum atomic E-state index is -4.77. The number of halogens is 3. The van der Waals surface area contributed by atoms with Gasteiger partial charge in [0.2, 0.25) is 0 Å². The van der Waals surface area contributed by atoms with Crippen LogP contribution in [0.15, 0.2) is 48.7 Å². The zero-order valence-corrected chi connectivity index (χ0v) is 10.9. The largest absolute Gasteiger partial charge is 0.573 e. The van der Waals surface area contributed by atoms with E-state index in [9.17, 15) is 18.0 Å². The lowest BCUT2D eigenvalue weighted by Crippen LogP contribution is -2.17. The number of rotatable bonds is 5. The Balaban J connectivity index is 2.01. The van der Waals surface area contributed by atoms with Gasteiger partial charge in [-0.25, -0.2) is 0 Å². The second-order valence-corrected chi connectivity index (χ2v) is 4.32. The number of Topliss-reactive ketones (excluding diaryl/α,β-unsaturated/α-hetero) is 1. The Kier molecular flexibility index (Phi) is 4.57. The topological polar surface area (TPSA) is 39.2 Å². The average molecular weight is 295 g/mol. The van der Waals surface area contributed by atoms with Gasteiger partial charge in [-0.15, -0.1) is 13.2 Å². The molecule has 0 spiro atoms. The fourth-order valence-electron chi connectivity index (χ4n) is 1.80. The highest BCUT2D eigenvalue weighted by molar-refractivity contribution is 5.96. The maximum atomic E-state index is 12.1. The molecular formula is C15H12F3NO2. The van der Waals surface area contributed by atoms with E-state index in [4.69, 9.17) is 0 Å². The summed E-state index contributed by atoms with van der Waals surface area (Å²) in [4.78, 5) is 16.1. The van der Waals surface area contributed by atoms with Gasteiger partial charge in [0.05, 0.1) is 0 Å². The van der Waals surface area contributed by atoms with Crippen molar-refractivity contribution in [3.05, 3.63) is 59.9 Å². The predicted octanol–water partition coefficient (Wildman–Crippen LogP) is 3.80. The summed E-state index contributed by atoms with van der Waals surface area (Å²) in [5.74, 6) is -0.653. The van der Waals surface area contributed by atoms with E-state index < -0.39 is 12.1 Å². The number of alkyl halides is 3. The third kappa shape index (κ3) is 4.91. The number of carbonyl (C=O) groups excluding carboxylic acids is 1. The van der Waals surface area contributed by atoms with Crippen LogP contribution in [0.25, 0.3) is 0 Å². The highest BCUT2D eigenvalue weighted by Crippen LogP contribution is 2.23. The van der Waals surface area contributed by atoms with Crippen molar-refractivity contribution in [1.82, 2.24) is 4.98 Å². The number of nitrogens with zero attached hydrogens (tertiary/aromatic N) is 1. The van der Waals surface area contributed by atoms with E-state index >= 15 is 0 Å². The minimum Gasteiger partial charge on any atom is -0.406 e. The summed E-state index contributed by atoms with van der Waals surface area (Å²) in [6.07, 6.45) is -2.54. The monoisotopic (exact) mass is 295 g/mol. The molecule has 0 N–H and O–H groups in total. The van der Waals surface area contributed by atoms with Gasteiger partial charge in [0.1, 0.15) is 5.75 Å². The molecule has 1 aromatic heterocycles. The Morgan fingerprint density at radius 3 is 2.62 bits per heavy atom. The van der Waals surface area contributed by atoms with Crippen molar-refractivity contribution >= 4 is 5.78 Å². The molecule has 21 heavy (non-hydrogen) atoms. The zero-order valence-electron chi connectivity index (χ0n) is 10.9. The SMILES string of the molecule is O=C(CCc1ccccn1)c1cccc(OC(F)(F)F)c1. The zero-order chi connectivity index (χ0) is 15.3. The maximum Gasteiger partial charge on any atom is 0.573 e. The Morgan fingerprint density at radius 1 is 1.14 bits per heavy atom. The van der Waals surface area contributed by atoms with Crippen LogP contribution in [0, 0.1) is 0 Å². The second kappa shape index (κ2) is 6.39. The first-order valence-corrected chi connectivity index (χ1v) is 6.23. The van der Waals surface area contributed by atoms with Crippen LogP contribution in [-0.4, -0.2) is 17.1 Å². The van der Waals surface area contributed by atoms with Crippen molar-refractivity contribution in [3.8, 4) is 5.75 Å². The molecule has 0 radical (unpaired) electrons. The van der Waals surface area contributed by atoms with E-state index in [1.807, 2.05) is 6.07 Å². The van der Waals surface area contributed by atoms with Crippen LogP contribution in [0.1, 0.15) is 22.5 Å². The van der Waals surface area contributed by atoms with Gasteiger partial charge < -0.3 is 4.74 Å². The minimum absolute atomic E-state index is 0.173. The molecule has 0 fully saturated rings. The molecule has 2 rings (SSSR count). The van der Waals surface area contributed by atoms with Crippen LogP contribution in [0.2, 0.25) is 0 Å². The van der Waals surface area contributed by atoms with Gasteiger partial charge in [-0.05, 0) is 30.7 Å². The molecule has 0 bridgehead atoms. The van der Waals surface area contributed by atoms with E-state index in [0.29, 0.717) is 6.42 Å². The van der Waals surface area contributed by atoms with Crippen LogP contribution in [-0.2, 0) is 6.42 Å². The molecule has 3 nitrogen and oxygen atoms in total. The molecule has 0 aliphatic heterocycles. The summed E-state index contributed by atoms with van der Waals surface area (Å²) in [6.45, 7) is 0. The lowest BCUT2D eigenvalue weighted by molar-refractivity contribution is -0.274. The fraction of sp³-hybridized carbons (Fsp3) is 0.200. The molecule has 0 aliphatic rings. The van der Waals surface area contributed by atoms with Crippen molar-refractivity contribution in [2.45, 2.75) is 19.2 Å². The van der Waals surface area contributed by atoms with Crippen molar-refractivity contribution in [1.29, 1.82) is 0 Å². The Labute approximate surface area is 119 Å². The molecular weight excluding hydrogens is 283 g/mol. The number of aryl methyl sites for hydroxylation is 1. The summed E-state index contributed by atoms with van der Waals surface area (Å²) < 4.78 is 40.2. The molecule has 0 aliphatic carbocycles. The maximum absolute atomic E-state index is 12.1.